The average Bonchev–Trinajstić information content (AvgIpc) is 2.70. The number of piperazine rings is 1. The number of nitrogens with zero attached hydrogens (tertiary/aromatic N) is 2. The van der Waals surface area contributed by atoms with Gasteiger partial charge in [-0.2, -0.15) is 0 Å². The summed E-state index contributed by atoms with van der Waals surface area (Å²) in [6, 6.07) is 17.1. The minimum Gasteiger partial charge on any atom is -0.375 e. The molecule has 0 saturated carbocycles. The number of para-hydroxylation sites is 1. The highest BCUT2D eigenvalue weighted by atomic mass is 16.5. The number of rotatable bonds is 5. The Morgan fingerprint density at radius 1 is 0.889 bits per heavy atom. The summed E-state index contributed by atoms with van der Waals surface area (Å²) in [5.41, 5.74) is 2.61. The van der Waals surface area contributed by atoms with Gasteiger partial charge < -0.3 is 25.2 Å². The average molecular weight is 368 g/mol. The summed E-state index contributed by atoms with van der Waals surface area (Å²) in [4.78, 5) is 27.9. The molecular formula is C20H24N4O3. The Balaban J connectivity index is 1.50. The number of carbonyl (C=O) groups is 2. The number of urea groups is 1. The molecule has 2 aromatic carbocycles. The van der Waals surface area contributed by atoms with Crippen LogP contribution in [0.1, 0.15) is 0 Å². The van der Waals surface area contributed by atoms with E-state index in [0.717, 1.165) is 30.2 Å². The van der Waals surface area contributed by atoms with Crippen LogP contribution in [0, 0.1) is 0 Å². The van der Waals surface area contributed by atoms with Gasteiger partial charge in [0.25, 0.3) is 0 Å². The van der Waals surface area contributed by atoms with Crippen molar-refractivity contribution in [1.82, 2.24) is 4.90 Å². The standard InChI is InChI=1S/C20H24N4O3/c1-27-15-19(25)21-17-7-9-18(10-8-17)23-11-13-24(14-12-23)20(26)22-16-5-3-2-4-6-16/h2-10H,11-15H2,1H3,(H,21,25)(H,22,26). The summed E-state index contributed by atoms with van der Waals surface area (Å²) >= 11 is 0. The van der Waals surface area contributed by atoms with E-state index in [1.807, 2.05) is 59.5 Å². The van der Waals surface area contributed by atoms with Crippen LogP contribution in [-0.2, 0) is 9.53 Å². The highest BCUT2D eigenvalue weighted by Gasteiger charge is 2.21. The molecule has 0 aliphatic carbocycles. The van der Waals surface area contributed by atoms with Gasteiger partial charge in [0.15, 0.2) is 0 Å². The lowest BCUT2D eigenvalue weighted by Gasteiger charge is -2.36. The van der Waals surface area contributed by atoms with Gasteiger partial charge >= 0.3 is 6.03 Å². The maximum absolute atomic E-state index is 12.4. The fraction of sp³-hybridized carbons (Fsp3) is 0.300. The van der Waals surface area contributed by atoms with Gasteiger partial charge in [-0.3, -0.25) is 4.79 Å². The van der Waals surface area contributed by atoms with Crippen LogP contribution in [0.5, 0.6) is 0 Å². The number of methoxy groups -OCH3 is 1. The molecule has 1 fully saturated rings. The van der Waals surface area contributed by atoms with Crippen molar-refractivity contribution in [3.63, 3.8) is 0 Å². The third kappa shape index (κ3) is 5.21. The normalized spacial score (nSPS) is 14.0. The number of hydrogen-bond acceptors (Lipinski definition) is 4. The van der Waals surface area contributed by atoms with Crippen LogP contribution in [0.2, 0.25) is 0 Å². The van der Waals surface area contributed by atoms with Gasteiger partial charge in [-0.1, -0.05) is 18.2 Å². The monoisotopic (exact) mass is 368 g/mol. The van der Waals surface area contributed by atoms with E-state index >= 15 is 0 Å². The molecule has 27 heavy (non-hydrogen) atoms. The molecule has 0 aromatic heterocycles. The molecule has 3 amide bonds. The molecule has 2 N–H and O–H groups in total. The van der Waals surface area contributed by atoms with Crippen LogP contribution in [0.4, 0.5) is 21.9 Å². The number of ether oxygens (including phenoxy) is 1. The van der Waals surface area contributed by atoms with Gasteiger partial charge in [-0.15, -0.1) is 0 Å². The molecular weight excluding hydrogens is 344 g/mol. The van der Waals surface area contributed by atoms with E-state index in [0.29, 0.717) is 13.1 Å². The predicted octanol–water partition coefficient (Wildman–Crippen LogP) is 2.63. The zero-order chi connectivity index (χ0) is 19.1. The van der Waals surface area contributed by atoms with E-state index in [-0.39, 0.29) is 18.5 Å². The van der Waals surface area contributed by atoms with Crippen molar-refractivity contribution >= 4 is 29.0 Å². The molecule has 7 heteroatoms. The SMILES string of the molecule is COCC(=O)Nc1ccc(N2CCN(C(=O)Nc3ccccc3)CC2)cc1. The predicted molar refractivity (Wildman–Crippen MR) is 106 cm³/mol. The topological polar surface area (TPSA) is 73.9 Å². The molecule has 0 unspecified atom stereocenters. The molecule has 1 saturated heterocycles. The lowest BCUT2D eigenvalue weighted by Crippen LogP contribution is -2.50. The Morgan fingerprint density at radius 3 is 2.15 bits per heavy atom. The first kappa shape index (κ1) is 18.7. The molecule has 7 nitrogen and oxygen atoms in total. The summed E-state index contributed by atoms with van der Waals surface area (Å²) < 4.78 is 4.80. The highest BCUT2D eigenvalue weighted by Crippen LogP contribution is 2.20. The van der Waals surface area contributed by atoms with Crippen LogP contribution in [0.3, 0.4) is 0 Å². The van der Waals surface area contributed by atoms with Gasteiger partial charge in [0.1, 0.15) is 6.61 Å². The fourth-order valence-corrected chi connectivity index (χ4v) is 2.98. The van der Waals surface area contributed by atoms with Gasteiger partial charge in [0, 0.05) is 50.4 Å². The third-order valence-corrected chi connectivity index (χ3v) is 4.38. The van der Waals surface area contributed by atoms with Crippen molar-refractivity contribution in [2.75, 3.05) is 55.4 Å². The number of anilines is 3. The van der Waals surface area contributed by atoms with E-state index in [1.165, 1.54) is 7.11 Å². The van der Waals surface area contributed by atoms with Gasteiger partial charge in [0.05, 0.1) is 0 Å². The van der Waals surface area contributed by atoms with Gasteiger partial charge in [-0.05, 0) is 36.4 Å². The first-order valence-electron chi connectivity index (χ1n) is 8.90. The Bertz CT molecular complexity index is 757. The highest BCUT2D eigenvalue weighted by molar-refractivity contribution is 5.92. The second kappa shape index (κ2) is 9.05. The van der Waals surface area contributed by atoms with Crippen molar-refractivity contribution in [3.8, 4) is 0 Å². The second-order valence-corrected chi connectivity index (χ2v) is 6.30. The molecule has 0 atom stereocenters. The maximum Gasteiger partial charge on any atom is 0.321 e. The van der Waals surface area contributed by atoms with Crippen molar-refractivity contribution in [2.24, 2.45) is 0 Å². The van der Waals surface area contributed by atoms with Crippen LogP contribution in [-0.4, -0.2) is 56.7 Å². The van der Waals surface area contributed by atoms with E-state index < -0.39 is 0 Å². The Kier molecular flexibility index (Phi) is 6.27. The van der Waals surface area contributed by atoms with Crippen molar-refractivity contribution < 1.29 is 14.3 Å². The Hall–Kier alpha value is -3.06. The zero-order valence-electron chi connectivity index (χ0n) is 15.4. The summed E-state index contributed by atoms with van der Waals surface area (Å²) in [5.74, 6) is -0.178. The van der Waals surface area contributed by atoms with E-state index in [9.17, 15) is 9.59 Å². The molecule has 142 valence electrons. The Labute approximate surface area is 158 Å². The first-order chi connectivity index (χ1) is 13.2. The van der Waals surface area contributed by atoms with E-state index in [2.05, 4.69) is 15.5 Å². The molecule has 0 radical (unpaired) electrons. The molecule has 1 heterocycles. The lowest BCUT2D eigenvalue weighted by molar-refractivity contribution is -0.119. The molecule has 0 spiro atoms. The van der Waals surface area contributed by atoms with Crippen molar-refractivity contribution in [2.45, 2.75) is 0 Å². The number of nitrogens with one attached hydrogen (secondary N) is 2. The number of amides is 3. The number of hydrogen-bond donors (Lipinski definition) is 2. The minimum absolute atomic E-state index is 0.0365. The maximum atomic E-state index is 12.4. The number of carbonyl (C=O) groups excluding carboxylic acids is 2. The van der Waals surface area contributed by atoms with Gasteiger partial charge in [0.2, 0.25) is 5.91 Å². The minimum atomic E-state index is -0.178. The van der Waals surface area contributed by atoms with Crippen molar-refractivity contribution in [3.05, 3.63) is 54.6 Å². The summed E-state index contributed by atoms with van der Waals surface area (Å²) in [5, 5.41) is 5.69. The van der Waals surface area contributed by atoms with E-state index in [1.54, 1.807) is 0 Å². The van der Waals surface area contributed by atoms with Crippen LogP contribution in [0.15, 0.2) is 54.6 Å². The smallest absolute Gasteiger partial charge is 0.321 e. The van der Waals surface area contributed by atoms with Crippen LogP contribution < -0.4 is 15.5 Å². The second-order valence-electron chi connectivity index (χ2n) is 6.30. The molecule has 3 rings (SSSR count). The molecule has 1 aliphatic rings. The van der Waals surface area contributed by atoms with E-state index in [4.69, 9.17) is 4.74 Å². The molecule has 2 aromatic rings. The van der Waals surface area contributed by atoms with Crippen molar-refractivity contribution in [1.29, 1.82) is 0 Å². The van der Waals surface area contributed by atoms with Crippen LogP contribution >= 0.6 is 0 Å². The van der Waals surface area contributed by atoms with Crippen LogP contribution in [0.25, 0.3) is 0 Å². The molecule has 0 bridgehead atoms. The summed E-state index contributed by atoms with van der Waals surface area (Å²) in [6.07, 6.45) is 0. The lowest BCUT2D eigenvalue weighted by atomic mass is 10.2. The summed E-state index contributed by atoms with van der Waals surface area (Å²) in [6.45, 7) is 2.87. The largest absolute Gasteiger partial charge is 0.375 e. The Morgan fingerprint density at radius 2 is 1.52 bits per heavy atom. The first-order valence-corrected chi connectivity index (χ1v) is 8.90. The molecule has 1 aliphatic heterocycles. The summed E-state index contributed by atoms with van der Waals surface area (Å²) in [7, 11) is 1.49. The number of benzene rings is 2. The van der Waals surface area contributed by atoms with Gasteiger partial charge in [-0.25, -0.2) is 4.79 Å². The quantitative estimate of drug-likeness (QED) is 0.851. The fourth-order valence-electron chi connectivity index (χ4n) is 2.98. The zero-order valence-corrected chi connectivity index (χ0v) is 15.4. The third-order valence-electron chi connectivity index (χ3n) is 4.38.